The van der Waals surface area contributed by atoms with Gasteiger partial charge in [-0.1, -0.05) is 12.1 Å². The lowest BCUT2D eigenvalue weighted by Crippen LogP contribution is -2.17. The van der Waals surface area contributed by atoms with Gasteiger partial charge in [0.05, 0.1) is 6.54 Å². The van der Waals surface area contributed by atoms with Gasteiger partial charge in [0.25, 0.3) is 0 Å². The fourth-order valence-corrected chi connectivity index (χ4v) is 2.78. The van der Waals surface area contributed by atoms with Crippen LogP contribution in [0.1, 0.15) is 25.2 Å². The van der Waals surface area contributed by atoms with Gasteiger partial charge in [0.15, 0.2) is 0 Å². The van der Waals surface area contributed by atoms with E-state index in [0.29, 0.717) is 0 Å². The third-order valence-corrected chi connectivity index (χ3v) is 3.75. The third kappa shape index (κ3) is 2.69. The monoisotopic (exact) mass is 283 g/mol. The molecule has 2 N–H and O–H groups in total. The molecule has 2 aromatic heterocycles. The maximum Gasteiger partial charge on any atom is 0.146 e. The molecule has 0 saturated heterocycles. The summed E-state index contributed by atoms with van der Waals surface area (Å²) in [5.74, 6) is 0.979. The standard InChI is InChI=1S/C16H21N5/c1-3-21-16(18-11-19-21)10-20-8-7-14-13(9-12(2)17)5-4-6-15(14)20/h4-8,11-12H,3,9-10,17H2,1-2H3. The molecule has 0 spiro atoms. The molecular weight excluding hydrogens is 262 g/mol. The molecule has 3 rings (SSSR count). The lowest BCUT2D eigenvalue weighted by atomic mass is 10.0. The van der Waals surface area contributed by atoms with E-state index in [-0.39, 0.29) is 6.04 Å². The molecule has 5 heteroatoms. The molecule has 2 heterocycles. The van der Waals surface area contributed by atoms with Crippen molar-refractivity contribution >= 4 is 10.9 Å². The summed E-state index contributed by atoms with van der Waals surface area (Å²) in [5.41, 5.74) is 8.47. The van der Waals surface area contributed by atoms with Crippen molar-refractivity contribution in [3.63, 3.8) is 0 Å². The van der Waals surface area contributed by atoms with Crippen LogP contribution in [-0.2, 0) is 19.5 Å². The van der Waals surface area contributed by atoms with Gasteiger partial charge in [-0.15, -0.1) is 0 Å². The molecule has 1 unspecified atom stereocenters. The molecule has 0 aliphatic rings. The largest absolute Gasteiger partial charge is 0.340 e. The van der Waals surface area contributed by atoms with Crippen LogP contribution in [0.2, 0.25) is 0 Å². The molecule has 0 aliphatic carbocycles. The second kappa shape index (κ2) is 5.69. The summed E-state index contributed by atoms with van der Waals surface area (Å²) in [4.78, 5) is 4.35. The number of hydrogen-bond donors (Lipinski definition) is 1. The lowest BCUT2D eigenvalue weighted by Gasteiger charge is -2.09. The zero-order chi connectivity index (χ0) is 14.8. The number of aromatic nitrogens is 4. The predicted octanol–water partition coefficient (Wildman–Crippen LogP) is 2.19. The molecule has 0 bridgehead atoms. The van der Waals surface area contributed by atoms with Crippen LogP contribution in [0.15, 0.2) is 36.8 Å². The first-order chi connectivity index (χ1) is 10.2. The second-order valence-corrected chi connectivity index (χ2v) is 5.47. The van der Waals surface area contributed by atoms with E-state index in [0.717, 1.165) is 25.3 Å². The Hall–Kier alpha value is -2.14. The van der Waals surface area contributed by atoms with Crippen LogP contribution in [0.25, 0.3) is 10.9 Å². The zero-order valence-electron chi connectivity index (χ0n) is 12.5. The fourth-order valence-electron chi connectivity index (χ4n) is 2.78. The molecule has 3 aromatic rings. The van der Waals surface area contributed by atoms with Crippen molar-refractivity contribution in [2.45, 2.75) is 39.4 Å². The van der Waals surface area contributed by atoms with Crippen LogP contribution >= 0.6 is 0 Å². The first kappa shape index (κ1) is 13.8. The average molecular weight is 283 g/mol. The van der Waals surface area contributed by atoms with Crippen LogP contribution in [0.5, 0.6) is 0 Å². The Morgan fingerprint density at radius 3 is 2.90 bits per heavy atom. The Balaban J connectivity index is 1.97. The predicted molar refractivity (Wildman–Crippen MR) is 84.1 cm³/mol. The Morgan fingerprint density at radius 1 is 1.29 bits per heavy atom. The highest BCUT2D eigenvalue weighted by molar-refractivity contribution is 5.83. The molecule has 5 nitrogen and oxygen atoms in total. The Morgan fingerprint density at radius 2 is 2.14 bits per heavy atom. The van der Waals surface area contributed by atoms with Crippen LogP contribution in [0.3, 0.4) is 0 Å². The first-order valence-electron chi connectivity index (χ1n) is 7.38. The maximum absolute atomic E-state index is 5.94. The number of hydrogen-bond acceptors (Lipinski definition) is 3. The molecule has 0 aliphatic heterocycles. The summed E-state index contributed by atoms with van der Waals surface area (Å²) < 4.78 is 4.15. The van der Waals surface area contributed by atoms with Crippen molar-refractivity contribution in [3.8, 4) is 0 Å². The minimum Gasteiger partial charge on any atom is -0.340 e. The van der Waals surface area contributed by atoms with E-state index in [9.17, 15) is 0 Å². The van der Waals surface area contributed by atoms with Crippen LogP contribution in [-0.4, -0.2) is 25.4 Å². The molecule has 0 saturated carbocycles. The van der Waals surface area contributed by atoms with Gasteiger partial charge in [-0.2, -0.15) is 5.10 Å². The highest BCUT2D eigenvalue weighted by atomic mass is 15.3. The van der Waals surface area contributed by atoms with E-state index in [1.807, 2.05) is 11.6 Å². The van der Waals surface area contributed by atoms with Crippen molar-refractivity contribution < 1.29 is 0 Å². The number of nitrogens with two attached hydrogens (primary N) is 1. The number of nitrogens with zero attached hydrogens (tertiary/aromatic N) is 4. The van der Waals surface area contributed by atoms with Crippen molar-refractivity contribution in [2.75, 3.05) is 0 Å². The minimum atomic E-state index is 0.169. The molecule has 1 atom stereocenters. The summed E-state index contributed by atoms with van der Waals surface area (Å²) >= 11 is 0. The molecule has 21 heavy (non-hydrogen) atoms. The second-order valence-electron chi connectivity index (χ2n) is 5.47. The van der Waals surface area contributed by atoms with Crippen LogP contribution in [0, 0.1) is 0 Å². The summed E-state index contributed by atoms with van der Waals surface area (Å²) in [6.07, 6.45) is 4.63. The van der Waals surface area contributed by atoms with Crippen molar-refractivity contribution in [3.05, 3.63) is 48.2 Å². The Bertz CT molecular complexity index is 738. The molecule has 0 radical (unpaired) electrons. The molecule has 0 fully saturated rings. The van der Waals surface area contributed by atoms with Gasteiger partial charge in [-0.3, -0.25) is 0 Å². The number of aryl methyl sites for hydroxylation is 1. The zero-order valence-corrected chi connectivity index (χ0v) is 12.5. The highest BCUT2D eigenvalue weighted by Crippen LogP contribution is 2.22. The Kier molecular flexibility index (Phi) is 3.75. The van der Waals surface area contributed by atoms with Gasteiger partial charge in [-0.05, 0) is 38.0 Å². The summed E-state index contributed by atoms with van der Waals surface area (Å²) in [6.45, 7) is 5.69. The van der Waals surface area contributed by atoms with E-state index in [1.165, 1.54) is 16.5 Å². The van der Waals surface area contributed by atoms with Crippen LogP contribution in [0.4, 0.5) is 0 Å². The third-order valence-electron chi connectivity index (χ3n) is 3.75. The quantitative estimate of drug-likeness (QED) is 0.780. The van der Waals surface area contributed by atoms with E-state index < -0.39 is 0 Å². The number of benzene rings is 1. The van der Waals surface area contributed by atoms with E-state index in [2.05, 4.69) is 52.0 Å². The molecule has 110 valence electrons. The summed E-state index contributed by atoms with van der Waals surface area (Å²) in [5, 5.41) is 5.50. The van der Waals surface area contributed by atoms with Gasteiger partial charge in [0.2, 0.25) is 0 Å². The smallest absolute Gasteiger partial charge is 0.146 e. The van der Waals surface area contributed by atoms with Gasteiger partial charge < -0.3 is 10.3 Å². The Labute approximate surface area is 124 Å². The normalized spacial score (nSPS) is 12.9. The van der Waals surface area contributed by atoms with Crippen molar-refractivity contribution in [1.29, 1.82) is 0 Å². The van der Waals surface area contributed by atoms with E-state index >= 15 is 0 Å². The maximum atomic E-state index is 5.94. The molecular formula is C16H21N5. The minimum absolute atomic E-state index is 0.169. The van der Waals surface area contributed by atoms with Gasteiger partial charge in [0, 0.05) is 29.7 Å². The van der Waals surface area contributed by atoms with Crippen LogP contribution < -0.4 is 5.73 Å². The lowest BCUT2D eigenvalue weighted by molar-refractivity contribution is 0.597. The van der Waals surface area contributed by atoms with E-state index in [1.54, 1.807) is 6.33 Å². The topological polar surface area (TPSA) is 61.7 Å². The van der Waals surface area contributed by atoms with Crippen molar-refractivity contribution in [2.24, 2.45) is 5.73 Å². The first-order valence-corrected chi connectivity index (χ1v) is 7.38. The number of fused-ring (bicyclic) bond motifs is 1. The fraction of sp³-hybridized carbons (Fsp3) is 0.375. The summed E-state index contributed by atoms with van der Waals surface area (Å²) in [6, 6.07) is 8.74. The molecule has 0 amide bonds. The average Bonchev–Trinajstić information content (AvgIpc) is 3.06. The molecule has 1 aromatic carbocycles. The van der Waals surface area contributed by atoms with Gasteiger partial charge in [-0.25, -0.2) is 9.67 Å². The van der Waals surface area contributed by atoms with Gasteiger partial charge in [0.1, 0.15) is 12.2 Å². The van der Waals surface area contributed by atoms with Crippen molar-refractivity contribution in [1.82, 2.24) is 19.3 Å². The van der Waals surface area contributed by atoms with Gasteiger partial charge >= 0.3 is 0 Å². The van der Waals surface area contributed by atoms with E-state index in [4.69, 9.17) is 5.73 Å². The summed E-state index contributed by atoms with van der Waals surface area (Å²) in [7, 11) is 0. The highest BCUT2D eigenvalue weighted by Gasteiger charge is 2.09. The SMILES string of the molecule is CCn1ncnc1Cn1ccc2c(CC(C)N)cccc21. The number of rotatable bonds is 5.